The molecular weight excluding hydrogens is 384 g/mol. The number of rotatable bonds is 13. The summed E-state index contributed by atoms with van der Waals surface area (Å²) >= 11 is 0. The number of ether oxygens (including phenoxy) is 2. The predicted octanol–water partition coefficient (Wildman–Crippen LogP) is 5.69. The van der Waals surface area contributed by atoms with Gasteiger partial charge in [-0.05, 0) is 61.3 Å². The van der Waals surface area contributed by atoms with Crippen molar-refractivity contribution in [3.8, 4) is 11.5 Å². The molecule has 2 unspecified atom stereocenters. The first kappa shape index (κ1) is 25.3. The lowest BCUT2D eigenvalue weighted by Crippen LogP contribution is -2.36. The maximum absolute atomic E-state index is 5.35. The van der Waals surface area contributed by atoms with Crippen molar-refractivity contribution in [1.82, 2.24) is 10.6 Å². The van der Waals surface area contributed by atoms with E-state index in [1.807, 2.05) is 24.3 Å². The standard InChI is InChI=1S/C24H36N2O2.ClH/c1-5-7-17-25-23(19-9-13-21(27-3)14-10-19)24(26-18-8-6-2)20-11-15-22(28-4)16-12-20;/h9-16,23-26H,5-8,17-18H2,1-4H3;1H. The van der Waals surface area contributed by atoms with E-state index in [1.165, 1.54) is 24.0 Å². The van der Waals surface area contributed by atoms with Crippen molar-refractivity contribution < 1.29 is 9.47 Å². The van der Waals surface area contributed by atoms with E-state index in [0.717, 1.165) is 37.4 Å². The summed E-state index contributed by atoms with van der Waals surface area (Å²) in [5.74, 6) is 1.77. The zero-order valence-electron chi connectivity index (χ0n) is 18.2. The lowest BCUT2D eigenvalue weighted by atomic mass is 9.92. The fraction of sp³-hybridized carbons (Fsp3) is 0.500. The molecule has 2 rings (SSSR count). The highest BCUT2D eigenvalue weighted by molar-refractivity contribution is 5.85. The minimum absolute atomic E-state index is 0. The molecule has 0 spiro atoms. The molecular formula is C24H37ClN2O2. The average Bonchev–Trinajstić information content (AvgIpc) is 2.75. The number of halogens is 1. The Balaban J connectivity index is 0.00000420. The molecule has 2 aromatic rings. The third kappa shape index (κ3) is 7.88. The summed E-state index contributed by atoms with van der Waals surface area (Å²) in [7, 11) is 3.41. The SMILES string of the molecule is CCCCNC(c1ccc(OC)cc1)C(NCCCC)c1ccc(OC)cc1.Cl. The highest BCUT2D eigenvalue weighted by Crippen LogP contribution is 2.31. The van der Waals surface area contributed by atoms with Gasteiger partial charge in [-0.25, -0.2) is 0 Å². The molecule has 0 bridgehead atoms. The van der Waals surface area contributed by atoms with Crippen molar-refractivity contribution in [2.24, 2.45) is 0 Å². The normalized spacial score (nSPS) is 12.7. The van der Waals surface area contributed by atoms with E-state index < -0.39 is 0 Å². The lowest BCUT2D eigenvalue weighted by Gasteiger charge is -2.30. The molecule has 0 aliphatic rings. The van der Waals surface area contributed by atoms with E-state index >= 15 is 0 Å². The lowest BCUT2D eigenvalue weighted by molar-refractivity contribution is 0.377. The molecule has 0 amide bonds. The van der Waals surface area contributed by atoms with Gasteiger partial charge in [-0.2, -0.15) is 0 Å². The maximum Gasteiger partial charge on any atom is 0.118 e. The highest BCUT2D eigenvalue weighted by Gasteiger charge is 2.24. The first-order valence-electron chi connectivity index (χ1n) is 10.5. The molecule has 0 saturated carbocycles. The van der Waals surface area contributed by atoms with Crippen LogP contribution in [0.3, 0.4) is 0 Å². The summed E-state index contributed by atoms with van der Waals surface area (Å²) in [5, 5.41) is 7.59. The van der Waals surface area contributed by atoms with Crippen molar-refractivity contribution in [2.75, 3.05) is 27.3 Å². The van der Waals surface area contributed by atoms with Crippen LogP contribution in [0.4, 0.5) is 0 Å². The maximum atomic E-state index is 5.35. The zero-order chi connectivity index (χ0) is 20.2. The Hall–Kier alpha value is -1.75. The molecule has 5 heteroatoms. The molecule has 0 aliphatic carbocycles. The monoisotopic (exact) mass is 420 g/mol. The Kier molecular flexibility index (Phi) is 12.4. The van der Waals surface area contributed by atoms with Crippen LogP contribution in [0.1, 0.15) is 62.7 Å². The summed E-state index contributed by atoms with van der Waals surface area (Å²) in [6.07, 6.45) is 4.69. The van der Waals surface area contributed by atoms with Crippen LogP contribution >= 0.6 is 12.4 Å². The van der Waals surface area contributed by atoms with Gasteiger partial charge in [0.25, 0.3) is 0 Å². The summed E-state index contributed by atoms with van der Waals surface area (Å²) in [6, 6.07) is 17.2. The molecule has 0 aromatic heterocycles. The van der Waals surface area contributed by atoms with E-state index in [1.54, 1.807) is 14.2 Å². The molecule has 29 heavy (non-hydrogen) atoms. The highest BCUT2D eigenvalue weighted by atomic mass is 35.5. The molecule has 4 nitrogen and oxygen atoms in total. The quantitative estimate of drug-likeness (QED) is 0.408. The molecule has 0 fully saturated rings. The average molecular weight is 421 g/mol. The fourth-order valence-corrected chi connectivity index (χ4v) is 3.35. The van der Waals surface area contributed by atoms with Crippen molar-refractivity contribution in [3.05, 3.63) is 59.7 Å². The Morgan fingerprint density at radius 2 is 1.00 bits per heavy atom. The molecule has 0 saturated heterocycles. The number of hydrogen-bond acceptors (Lipinski definition) is 4. The summed E-state index contributed by atoms with van der Waals surface area (Å²) in [6.45, 7) is 6.44. The Labute approximate surface area is 182 Å². The van der Waals surface area contributed by atoms with Crippen molar-refractivity contribution in [2.45, 2.75) is 51.6 Å². The third-order valence-electron chi connectivity index (χ3n) is 5.07. The topological polar surface area (TPSA) is 42.5 Å². The molecule has 0 aliphatic heterocycles. The summed E-state index contributed by atoms with van der Waals surface area (Å²) < 4.78 is 10.7. The van der Waals surface area contributed by atoms with E-state index in [9.17, 15) is 0 Å². The van der Waals surface area contributed by atoms with Gasteiger partial charge in [-0.3, -0.25) is 0 Å². The Morgan fingerprint density at radius 3 is 1.28 bits per heavy atom. The second-order valence-corrected chi connectivity index (χ2v) is 7.12. The van der Waals surface area contributed by atoms with Gasteiger partial charge in [-0.15, -0.1) is 12.4 Å². The first-order chi connectivity index (χ1) is 13.7. The van der Waals surface area contributed by atoms with Gasteiger partial charge in [0.2, 0.25) is 0 Å². The summed E-state index contributed by atoms with van der Waals surface area (Å²) in [5.41, 5.74) is 2.53. The van der Waals surface area contributed by atoms with Crippen molar-refractivity contribution in [3.63, 3.8) is 0 Å². The number of methoxy groups -OCH3 is 2. The molecule has 2 aromatic carbocycles. The van der Waals surface area contributed by atoms with Crippen LogP contribution in [-0.4, -0.2) is 27.3 Å². The van der Waals surface area contributed by atoms with E-state index in [2.05, 4.69) is 48.7 Å². The smallest absolute Gasteiger partial charge is 0.118 e. The van der Waals surface area contributed by atoms with Gasteiger partial charge in [0.05, 0.1) is 26.3 Å². The molecule has 2 N–H and O–H groups in total. The first-order valence-corrected chi connectivity index (χ1v) is 10.5. The predicted molar refractivity (Wildman–Crippen MR) is 125 cm³/mol. The van der Waals surface area contributed by atoms with E-state index in [0.29, 0.717) is 0 Å². The largest absolute Gasteiger partial charge is 0.497 e. The zero-order valence-corrected chi connectivity index (χ0v) is 19.1. The number of hydrogen-bond donors (Lipinski definition) is 2. The van der Waals surface area contributed by atoms with Crippen LogP contribution in [0.15, 0.2) is 48.5 Å². The van der Waals surface area contributed by atoms with Crippen molar-refractivity contribution in [1.29, 1.82) is 0 Å². The second-order valence-electron chi connectivity index (χ2n) is 7.12. The van der Waals surface area contributed by atoms with Gasteiger partial charge in [0.1, 0.15) is 11.5 Å². The van der Waals surface area contributed by atoms with Gasteiger partial charge < -0.3 is 20.1 Å². The summed E-state index contributed by atoms with van der Waals surface area (Å²) in [4.78, 5) is 0. The van der Waals surface area contributed by atoms with Crippen LogP contribution < -0.4 is 20.1 Å². The molecule has 0 radical (unpaired) electrons. The van der Waals surface area contributed by atoms with Crippen molar-refractivity contribution >= 4 is 12.4 Å². The van der Waals surface area contributed by atoms with Gasteiger partial charge in [0.15, 0.2) is 0 Å². The van der Waals surface area contributed by atoms with Crippen LogP contribution in [0, 0.1) is 0 Å². The van der Waals surface area contributed by atoms with Gasteiger partial charge >= 0.3 is 0 Å². The Bertz CT molecular complexity index is 602. The Morgan fingerprint density at radius 1 is 0.655 bits per heavy atom. The van der Waals surface area contributed by atoms with Crippen LogP contribution in [0.25, 0.3) is 0 Å². The second kappa shape index (κ2) is 14.3. The van der Waals surface area contributed by atoms with Crippen LogP contribution in [-0.2, 0) is 0 Å². The third-order valence-corrected chi connectivity index (χ3v) is 5.07. The number of benzene rings is 2. The number of unbranched alkanes of at least 4 members (excludes halogenated alkanes) is 2. The van der Waals surface area contributed by atoms with Gasteiger partial charge in [-0.1, -0.05) is 51.0 Å². The minimum Gasteiger partial charge on any atom is -0.497 e. The van der Waals surface area contributed by atoms with E-state index in [4.69, 9.17) is 9.47 Å². The molecule has 0 heterocycles. The molecule has 2 atom stereocenters. The van der Waals surface area contributed by atoms with Crippen LogP contribution in [0.2, 0.25) is 0 Å². The van der Waals surface area contributed by atoms with Gasteiger partial charge in [0, 0.05) is 0 Å². The fourth-order valence-electron chi connectivity index (χ4n) is 3.35. The van der Waals surface area contributed by atoms with E-state index in [-0.39, 0.29) is 24.5 Å². The molecule has 162 valence electrons. The van der Waals surface area contributed by atoms with Crippen LogP contribution in [0.5, 0.6) is 11.5 Å². The number of nitrogens with one attached hydrogen (secondary N) is 2. The minimum atomic E-state index is 0.